The maximum atomic E-state index is 12.6. The summed E-state index contributed by atoms with van der Waals surface area (Å²) >= 11 is 6.02. The second kappa shape index (κ2) is 5.87. The van der Waals surface area contributed by atoms with Gasteiger partial charge in [0.15, 0.2) is 0 Å². The lowest BCUT2D eigenvalue weighted by molar-refractivity contribution is 0.212. The molecule has 0 bridgehead atoms. The minimum atomic E-state index is -3.51. The van der Waals surface area contributed by atoms with Crippen LogP contribution in [-0.2, 0) is 10.0 Å². The van der Waals surface area contributed by atoms with Gasteiger partial charge in [-0.25, -0.2) is 13.4 Å². The number of piperidine rings is 1. The molecule has 0 spiro atoms. The molecule has 0 radical (unpaired) electrons. The zero-order valence-corrected chi connectivity index (χ0v) is 13.5. The van der Waals surface area contributed by atoms with Crippen molar-refractivity contribution < 1.29 is 8.42 Å². The van der Waals surface area contributed by atoms with E-state index in [0.29, 0.717) is 35.8 Å². The van der Waals surface area contributed by atoms with Gasteiger partial charge in [0, 0.05) is 26.3 Å². The topological polar surface area (TPSA) is 62.3 Å². The molecular weight excluding hydrogens is 298 g/mol. The Labute approximate surface area is 125 Å². The van der Waals surface area contributed by atoms with Crippen LogP contribution in [0.5, 0.6) is 0 Å². The smallest absolute Gasteiger partial charge is 0.244 e. The van der Waals surface area contributed by atoms with Crippen LogP contribution in [0.1, 0.15) is 20.3 Å². The number of hydrogen-bond acceptors (Lipinski definition) is 4. The number of anilines is 1. The first-order valence-corrected chi connectivity index (χ1v) is 8.51. The number of sulfonamides is 1. The Kier molecular flexibility index (Phi) is 4.56. The van der Waals surface area contributed by atoms with E-state index in [9.17, 15) is 8.42 Å². The molecule has 0 saturated carbocycles. The summed E-state index contributed by atoms with van der Waals surface area (Å²) in [6.45, 7) is 5.35. The van der Waals surface area contributed by atoms with Gasteiger partial charge in [-0.1, -0.05) is 25.4 Å². The van der Waals surface area contributed by atoms with E-state index in [0.717, 1.165) is 6.42 Å². The summed E-state index contributed by atoms with van der Waals surface area (Å²) in [7, 11) is -1.82. The van der Waals surface area contributed by atoms with Crippen LogP contribution < -0.4 is 5.32 Å². The quantitative estimate of drug-likeness (QED) is 0.930. The highest BCUT2D eigenvalue weighted by Gasteiger charge is 2.32. The van der Waals surface area contributed by atoms with Crippen molar-refractivity contribution in [1.82, 2.24) is 9.29 Å². The lowest BCUT2D eigenvalue weighted by atomic mass is 9.90. The van der Waals surface area contributed by atoms with Crippen LogP contribution in [0.4, 0.5) is 5.82 Å². The van der Waals surface area contributed by atoms with Gasteiger partial charge in [0.05, 0.1) is 5.02 Å². The first kappa shape index (κ1) is 15.5. The predicted molar refractivity (Wildman–Crippen MR) is 80.5 cm³/mol. The molecule has 2 rings (SSSR count). The molecule has 1 N–H and O–H groups in total. The van der Waals surface area contributed by atoms with E-state index in [1.54, 1.807) is 7.05 Å². The molecule has 5 nitrogen and oxygen atoms in total. The summed E-state index contributed by atoms with van der Waals surface area (Å²) in [5.41, 5.74) is 0. The number of halogens is 1. The minimum absolute atomic E-state index is 0.156. The van der Waals surface area contributed by atoms with Crippen molar-refractivity contribution in [1.29, 1.82) is 0 Å². The van der Waals surface area contributed by atoms with Crippen molar-refractivity contribution in [2.45, 2.75) is 25.2 Å². The summed E-state index contributed by atoms with van der Waals surface area (Å²) in [6.07, 6.45) is 2.24. The lowest BCUT2D eigenvalue weighted by Gasteiger charge is -2.34. The lowest BCUT2D eigenvalue weighted by Crippen LogP contribution is -2.42. The fourth-order valence-electron chi connectivity index (χ4n) is 2.34. The van der Waals surface area contributed by atoms with Gasteiger partial charge in [-0.15, -0.1) is 0 Å². The molecule has 112 valence electrons. The van der Waals surface area contributed by atoms with Gasteiger partial charge in [-0.05, 0) is 24.3 Å². The van der Waals surface area contributed by atoms with Crippen molar-refractivity contribution in [2.24, 2.45) is 11.8 Å². The maximum Gasteiger partial charge on any atom is 0.244 e. The number of nitrogens with zero attached hydrogens (tertiary/aromatic N) is 2. The Morgan fingerprint density at radius 2 is 2.10 bits per heavy atom. The SMILES string of the molecule is CNc1ncc(S(=O)(=O)N2CCC(C)C(C)C2)cc1Cl. The van der Waals surface area contributed by atoms with Gasteiger partial charge in [-0.3, -0.25) is 0 Å². The van der Waals surface area contributed by atoms with Gasteiger partial charge < -0.3 is 5.32 Å². The Morgan fingerprint density at radius 3 is 2.65 bits per heavy atom. The number of aromatic nitrogens is 1. The summed E-state index contributed by atoms with van der Waals surface area (Å²) in [5.74, 6) is 1.39. The van der Waals surface area contributed by atoms with Gasteiger partial charge in [0.25, 0.3) is 0 Å². The van der Waals surface area contributed by atoms with E-state index in [1.807, 2.05) is 0 Å². The molecule has 1 fully saturated rings. The van der Waals surface area contributed by atoms with Crippen molar-refractivity contribution in [3.8, 4) is 0 Å². The number of pyridine rings is 1. The molecule has 2 unspecified atom stereocenters. The summed E-state index contributed by atoms with van der Waals surface area (Å²) in [5, 5.41) is 3.13. The third-order valence-electron chi connectivity index (χ3n) is 3.99. The van der Waals surface area contributed by atoms with Crippen molar-refractivity contribution in [3.63, 3.8) is 0 Å². The first-order chi connectivity index (χ1) is 9.36. The molecule has 0 aliphatic carbocycles. The molecule has 1 aromatic rings. The number of nitrogens with one attached hydrogen (secondary N) is 1. The second-order valence-corrected chi connectivity index (χ2v) is 7.70. The third-order valence-corrected chi connectivity index (χ3v) is 6.11. The van der Waals surface area contributed by atoms with Crippen molar-refractivity contribution in [3.05, 3.63) is 17.3 Å². The van der Waals surface area contributed by atoms with Crippen LogP contribution in [0.3, 0.4) is 0 Å². The van der Waals surface area contributed by atoms with E-state index >= 15 is 0 Å². The molecule has 1 saturated heterocycles. The Balaban J connectivity index is 2.29. The van der Waals surface area contributed by atoms with Crippen LogP contribution in [0, 0.1) is 11.8 Å². The van der Waals surface area contributed by atoms with E-state index < -0.39 is 10.0 Å². The predicted octanol–water partition coefficient (Wildman–Crippen LogP) is 2.44. The van der Waals surface area contributed by atoms with Crippen LogP contribution in [0.25, 0.3) is 0 Å². The second-order valence-electron chi connectivity index (χ2n) is 5.36. The van der Waals surface area contributed by atoms with Gasteiger partial charge in [0.1, 0.15) is 10.7 Å². The maximum absolute atomic E-state index is 12.6. The number of rotatable bonds is 3. The van der Waals surface area contributed by atoms with Gasteiger partial charge in [-0.2, -0.15) is 4.31 Å². The van der Waals surface area contributed by atoms with Crippen LogP contribution in [0.2, 0.25) is 5.02 Å². The Bertz CT molecular complexity index is 591. The fourth-order valence-corrected chi connectivity index (χ4v) is 4.19. The molecule has 0 aromatic carbocycles. The summed E-state index contributed by atoms with van der Waals surface area (Å²) < 4.78 is 26.7. The average Bonchev–Trinajstić information content (AvgIpc) is 2.41. The van der Waals surface area contributed by atoms with Gasteiger partial charge in [0.2, 0.25) is 10.0 Å². The van der Waals surface area contributed by atoms with Crippen LogP contribution in [0.15, 0.2) is 17.2 Å². The highest BCUT2D eigenvalue weighted by molar-refractivity contribution is 7.89. The summed E-state index contributed by atoms with van der Waals surface area (Å²) in [6, 6.07) is 1.46. The highest BCUT2D eigenvalue weighted by Crippen LogP contribution is 2.29. The minimum Gasteiger partial charge on any atom is -0.372 e. The first-order valence-electron chi connectivity index (χ1n) is 6.69. The van der Waals surface area contributed by atoms with E-state index in [4.69, 9.17) is 11.6 Å². The molecule has 7 heteroatoms. The molecule has 2 heterocycles. The number of hydrogen-bond donors (Lipinski definition) is 1. The average molecular weight is 318 g/mol. The van der Waals surface area contributed by atoms with Crippen molar-refractivity contribution in [2.75, 3.05) is 25.5 Å². The molecule has 1 aliphatic rings. The monoisotopic (exact) mass is 317 g/mol. The van der Waals surface area contributed by atoms with E-state index in [2.05, 4.69) is 24.1 Å². The Morgan fingerprint density at radius 1 is 1.40 bits per heavy atom. The van der Waals surface area contributed by atoms with E-state index in [1.165, 1.54) is 16.6 Å². The normalized spacial score (nSPS) is 24.6. The molecular formula is C13H20ClN3O2S. The van der Waals surface area contributed by atoms with Crippen molar-refractivity contribution >= 4 is 27.4 Å². The molecule has 1 aliphatic heterocycles. The molecule has 0 amide bonds. The van der Waals surface area contributed by atoms with Crippen LogP contribution in [-0.4, -0.2) is 37.8 Å². The summed E-state index contributed by atoms with van der Waals surface area (Å²) in [4.78, 5) is 4.20. The van der Waals surface area contributed by atoms with E-state index in [-0.39, 0.29) is 4.90 Å². The largest absolute Gasteiger partial charge is 0.372 e. The standard InChI is InChI=1S/C13H20ClN3O2S/c1-9-4-5-17(8-10(9)2)20(18,19)11-6-12(14)13(15-3)16-7-11/h6-7,9-10H,4-5,8H2,1-3H3,(H,15,16). The highest BCUT2D eigenvalue weighted by atomic mass is 35.5. The zero-order chi connectivity index (χ0) is 14.9. The Hall–Kier alpha value is -0.850. The van der Waals surface area contributed by atoms with Crippen LogP contribution >= 0.6 is 11.6 Å². The zero-order valence-electron chi connectivity index (χ0n) is 11.9. The fraction of sp³-hybridized carbons (Fsp3) is 0.615. The van der Waals surface area contributed by atoms with Gasteiger partial charge >= 0.3 is 0 Å². The molecule has 2 atom stereocenters. The molecule has 20 heavy (non-hydrogen) atoms. The molecule has 1 aromatic heterocycles. The third kappa shape index (κ3) is 2.92.